The number of nitrogens with one attached hydrogen (secondary N) is 1. The molecular formula is C12H7FN2O5S. The SMILES string of the molecule is O=C(Nc1c(F)cccc1C(=O)O)c1csc([N+](=O)[O-])c1. The van der Waals surface area contributed by atoms with E-state index in [0.29, 0.717) is 0 Å². The van der Waals surface area contributed by atoms with Crippen LogP contribution >= 0.6 is 11.3 Å². The van der Waals surface area contributed by atoms with Crippen LogP contribution in [0.3, 0.4) is 0 Å². The first kappa shape index (κ1) is 14.6. The highest BCUT2D eigenvalue weighted by Crippen LogP contribution is 2.25. The van der Waals surface area contributed by atoms with Crippen LogP contribution in [0.1, 0.15) is 20.7 Å². The van der Waals surface area contributed by atoms with Crippen LogP contribution in [0.15, 0.2) is 29.6 Å². The van der Waals surface area contributed by atoms with Gasteiger partial charge in [0.05, 0.1) is 21.7 Å². The molecule has 2 aromatic rings. The third-order valence-electron chi connectivity index (χ3n) is 2.51. The number of aromatic carboxylic acids is 1. The number of rotatable bonds is 4. The Balaban J connectivity index is 2.31. The molecular weight excluding hydrogens is 303 g/mol. The van der Waals surface area contributed by atoms with Crippen LogP contribution in [0.2, 0.25) is 0 Å². The molecule has 0 radical (unpaired) electrons. The molecule has 1 amide bonds. The van der Waals surface area contributed by atoms with E-state index in [1.165, 1.54) is 11.4 Å². The van der Waals surface area contributed by atoms with Crippen molar-refractivity contribution in [1.82, 2.24) is 0 Å². The van der Waals surface area contributed by atoms with E-state index in [9.17, 15) is 24.1 Å². The Kier molecular flexibility index (Phi) is 3.94. The number of halogens is 1. The Morgan fingerprint density at radius 3 is 2.67 bits per heavy atom. The van der Waals surface area contributed by atoms with Crippen molar-refractivity contribution in [2.24, 2.45) is 0 Å². The third-order valence-corrected chi connectivity index (χ3v) is 3.39. The fourth-order valence-corrected chi connectivity index (χ4v) is 2.26. The van der Waals surface area contributed by atoms with Gasteiger partial charge in [0, 0.05) is 11.4 Å². The van der Waals surface area contributed by atoms with Gasteiger partial charge in [0.1, 0.15) is 5.82 Å². The molecule has 0 saturated heterocycles. The Hall–Kier alpha value is -2.81. The van der Waals surface area contributed by atoms with Gasteiger partial charge in [-0.25, -0.2) is 9.18 Å². The molecule has 0 aliphatic heterocycles. The molecule has 7 nitrogen and oxygen atoms in total. The Morgan fingerprint density at radius 2 is 2.10 bits per heavy atom. The molecule has 0 atom stereocenters. The summed E-state index contributed by atoms with van der Waals surface area (Å²) in [5.74, 6) is -3.14. The second kappa shape index (κ2) is 5.67. The monoisotopic (exact) mass is 310 g/mol. The van der Waals surface area contributed by atoms with Crippen molar-refractivity contribution in [3.8, 4) is 0 Å². The molecule has 0 unspecified atom stereocenters. The average molecular weight is 310 g/mol. The second-order valence-electron chi connectivity index (χ2n) is 3.85. The van der Waals surface area contributed by atoms with E-state index in [4.69, 9.17) is 5.11 Å². The zero-order valence-corrected chi connectivity index (χ0v) is 11.0. The predicted molar refractivity (Wildman–Crippen MR) is 72.3 cm³/mol. The van der Waals surface area contributed by atoms with E-state index in [-0.39, 0.29) is 10.6 Å². The first-order valence-electron chi connectivity index (χ1n) is 5.46. The molecule has 0 spiro atoms. The van der Waals surface area contributed by atoms with E-state index in [1.807, 2.05) is 0 Å². The molecule has 1 aromatic heterocycles. The molecule has 21 heavy (non-hydrogen) atoms. The second-order valence-corrected chi connectivity index (χ2v) is 4.74. The van der Waals surface area contributed by atoms with Gasteiger partial charge in [-0.05, 0) is 12.1 Å². The smallest absolute Gasteiger partial charge is 0.337 e. The Morgan fingerprint density at radius 1 is 1.38 bits per heavy atom. The summed E-state index contributed by atoms with van der Waals surface area (Å²) in [6.07, 6.45) is 0. The number of anilines is 1. The van der Waals surface area contributed by atoms with Crippen LogP contribution in [-0.4, -0.2) is 21.9 Å². The zero-order valence-electron chi connectivity index (χ0n) is 10.2. The van der Waals surface area contributed by atoms with Crippen molar-refractivity contribution in [1.29, 1.82) is 0 Å². The lowest BCUT2D eigenvalue weighted by atomic mass is 10.1. The molecule has 0 saturated carbocycles. The summed E-state index contributed by atoms with van der Waals surface area (Å²) in [5, 5.41) is 22.6. The van der Waals surface area contributed by atoms with Crippen LogP contribution in [0.5, 0.6) is 0 Å². The van der Waals surface area contributed by atoms with Gasteiger partial charge >= 0.3 is 11.0 Å². The summed E-state index contributed by atoms with van der Waals surface area (Å²) in [7, 11) is 0. The van der Waals surface area contributed by atoms with E-state index in [2.05, 4.69) is 5.32 Å². The molecule has 1 aromatic carbocycles. The Bertz CT molecular complexity index is 743. The molecule has 2 rings (SSSR count). The maximum absolute atomic E-state index is 13.6. The summed E-state index contributed by atoms with van der Waals surface area (Å²) >= 11 is 0.741. The number of carbonyl (C=O) groups excluding carboxylic acids is 1. The number of hydrogen-bond acceptors (Lipinski definition) is 5. The molecule has 0 bridgehead atoms. The van der Waals surface area contributed by atoms with Gasteiger partial charge in [-0.3, -0.25) is 14.9 Å². The fourth-order valence-electron chi connectivity index (χ4n) is 1.55. The van der Waals surface area contributed by atoms with Crippen molar-refractivity contribution < 1.29 is 24.0 Å². The van der Waals surface area contributed by atoms with Gasteiger partial charge in [-0.1, -0.05) is 17.4 Å². The number of nitro groups is 1. The zero-order chi connectivity index (χ0) is 15.6. The fraction of sp³-hybridized carbons (Fsp3) is 0. The summed E-state index contributed by atoms with van der Waals surface area (Å²) < 4.78 is 13.6. The van der Waals surface area contributed by atoms with Crippen LogP contribution in [0.25, 0.3) is 0 Å². The first-order chi connectivity index (χ1) is 9.90. The summed E-state index contributed by atoms with van der Waals surface area (Å²) in [4.78, 5) is 32.8. The summed E-state index contributed by atoms with van der Waals surface area (Å²) in [6.45, 7) is 0. The van der Waals surface area contributed by atoms with Gasteiger partial charge in [0.15, 0.2) is 0 Å². The average Bonchev–Trinajstić information content (AvgIpc) is 2.90. The van der Waals surface area contributed by atoms with Gasteiger partial charge in [-0.2, -0.15) is 0 Å². The highest BCUT2D eigenvalue weighted by molar-refractivity contribution is 7.13. The minimum Gasteiger partial charge on any atom is -0.478 e. The van der Waals surface area contributed by atoms with Crippen molar-refractivity contribution in [3.63, 3.8) is 0 Å². The van der Waals surface area contributed by atoms with Crippen LogP contribution in [0, 0.1) is 15.9 Å². The molecule has 2 N–H and O–H groups in total. The first-order valence-corrected chi connectivity index (χ1v) is 6.34. The highest BCUT2D eigenvalue weighted by Gasteiger charge is 2.20. The highest BCUT2D eigenvalue weighted by atomic mass is 32.1. The quantitative estimate of drug-likeness (QED) is 0.666. The lowest BCUT2D eigenvalue weighted by molar-refractivity contribution is -0.380. The standard InChI is InChI=1S/C12H7FN2O5S/c13-8-3-1-2-7(12(17)18)10(8)14-11(16)6-4-9(15(19)20)21-5-6/h1-5H,(H,14,16)(H,17,18). The summed E-state index contributed by atoms with van der Waals surface area (Å²) in [5.41, 5.74) is -0.941. The van der Waals surface area contributed by atoms with Crippen molar-refractivity contribution in [2.75, 3.05) is 5.32 Å². The van der Waals surface area contributed by atoms with Crippen molar-refractivity contribution in [3.05, 3.63) is 56.7 Å². The van der Waals surface area contributed by atoms with Gasteiger partial charge < -0.3 is 10.4 Å². The molecule has 108 valence electrons. The molecule has 0 aliphatic carbocycles. The molecule has 9 heteroatoms. The predicted octanol–water partition coefficient (Wildman–Crippen LogP) is 2.75. The molecule has 0 fully saturated rings. The minimum absolute atomic E-state index is 0.0497. The number of nitrogens with zero attached hydrogens (tertiary/aromatic N) is 1. The normalized spacial score (nSPS) is 10.1. The number of amides is 1. The van der Waals surface area contributed by atoms with Crippen LogP contribution in [-0.2, 0) is 0 Å². The number of hydrogen-bond donors (Lipinski definition) is 2. The van der Waals surface area contributed by atoms with E-state index in [1.54, 1.807) is 0 Å². The summed E-state index contributed by atoms with van der Waals surface area (Å²) in [6, 6.07) is 4.36. The number of para-hydroxylation sites is 1. The van der Waals surface area contributed by atoms with E-state index >= 15 is 0 Å². The maximum atomic E-state index is 13.6. The number of benzene rings is 1. The van der Waals surface area contributed by atoms with Gasteiger partial charge in [0.2, 0.25) is 0 Å². The lowest BCUT2D eigenvalue weighted by Gasteiger charge is -2.08. The van der Waals surface area contributed by atoms with Crippen LogP contribution < -0.4 is 5.32 Å². The maximum Gasteiger partial charge on any atom is 0.337 e. The number of carboxylic acid groups (broad SMARTS) is 1. The number of carboxylic acids is 1. The number of thiophene rings is 1. The van der Waals surface area contributed by atoms with Crippen molar-refractivity contribution in [2.45, 2.75) is 0 Å². The molecule has 1 heterocycles. The molecule has 0 aliphatic rings. The van der Waals surface area contributed by atoms with Gasteiger partial charge in [0.25, 0.3) is 5.91 Å². The van der Waals surface area contributed by atoms with Gasteiger partial charge in [-0.15, -0.1) is 0 Å². The van der Waals surface area contributed by atoms with E-state index < -0.39 is 33.9 Å². The number of carbonyl (C=O) groups is 2. The van der Waals surface area contributed by atoms with Crippen molar-refractivity contribution >= 4 is 33.9 Å². The lowest BCUT2D eigenvalue weighted by Crippen LogP contribution is -2.15. The Labute approximate surface area is 120 Å². The largest absolute Gasteiger partial charge is 0.478 e. The third kappa shape index (κ3) is 3.03. The van der Waals surface area contributed by atoms with E-state index in [0.717, 1.165) is 29.5 Å². The topological polar surface area (TPSA) is 110 Å². The van der Waals surface area contributed by atoms with Crippen LogP contribution in [0.4, 0.5) is 15.1 Å². The minimum atomic E-state index is -1.40.